The van der Waals surface area contributed by atoms with Crippen LogP contribution >= 0.6 is 0 Å². The molecular weight excluding hydrogens is 544 g/mol. The number of ether oxygens (including phenoxy) is 1. The van der Waals surface area contributed by atoms with Crippen LogP contribution in [-0.4, -0.2) is 0 Å². The molecule has 5 aliphatic carbocycles. The Labute approximate surface area is 264 Å². The van der Waals surface area contributed by atoms with Gasteiger partial charge in [-0.15, -0.1) is 0 Å². The molecule has 0 N–H and O–H groups in total. The average molecular weight is 579 g/mol. The standard InChI is InChI=1S/C44H34O/c1-2-11-38-36(8-1)43-34(9-5-12-39(43)44(38)32-21-26-20-27(23-32)24-33(44)22-26)29-16-14-28(15-17-29)31-18-19-40-37(25-31)35-10-3-6-30-7-4-13-41(45-40)42(30)35/h1-19,25-27,32-33H,20-24H2. The van der Waals surface area contributed by atoms with Crippen molar-refractivity contribution in [1.29, 1.82) is 0 Å². The van der Waals surface area contributed by atoms with Crippen LogP contribution in [0.5, 0.6) is 11.5 Å². The van der Waals surface area contributed by atoms with Gasteiger partial charge in [0.15, 0.2) is 0 Å². The number of rotatable bonds is 2. The van der Waals surface area contributed by atoms with Crippen LogP contribution in [0.2, 0.25) is 0 Å². The summed E-state index contributed by atoms with van der Waals surface area (Å²) in [5, 5.41) is 2.42. The molecule has 216 valence electrons. The monoisotopic (exact) mass is 578 g/mol. The summed E-state index contributed by atoms with van der Waals surface area (Å²) in [6.45, 7) is 0. The van der Waals surface area contributed by atoms with Gasteiger partial charge in [-0.1, -0.05) is 103 Å². The Kier molecular flexibility index (Phi) is 4.80. The van der Waals surface area contributed by atoms with Crippen molar-refractivity contribution in [2.24, 2.45) is 23.7 Å². The van der Waals surface area contributed by atoms with Gasteiger partial charge in [-0.3, -0.25) is 0 Å². The third kappa shape index (κ3) is 3.19. The molecule has 4 fully saturated rings. The number of hydrogen-bond acceptors (Lipinski definition) is 1. The second-order valence-electron chi connectivity index (χ2n) is 14.5. The molecule has 6 aromatic carbocycles. The number of hydrogen-bond donors (Lipinski definition) is 0. The topological polar surface area (TPSA) is 9.23 Å². The van der Waals surface area contributed by atoms with Gasteiger partial charge in [-0.2, -0.15) is 0 Å². The Morgan fingerprint density at radius 3 is 1.93 bits per heavy atom. The van der Waals surface area contributed by atoms with Gasteiger partial charge in [0, 0.05) is 16.4 Å². The Hall–Kier alpha value is -4.62. The summed E-state index contributed by atoms with van der Waals surface area (Å²) in [5.41, 5.74) is 14.0. The average Bonchev–Trinajstić information content (AvgIpc) is 3.38. The molecule has 0 amide bonds. The zero-order valence-electron chi connectivity index (χ0n) is 25.3. The van der Waals surface area contributed by atoms with E-state index in [-0.39, 0.29) is 5.41 Å². The molecule has 0 aromatic heterocycles. The van der Waals surface area contributed by atoms with Crippen LogP contribution in [0.3, 0.4) is 0 Å². The van der Waals surface area contributed by atoms with Crippen molar-refractivity contribution in [2.75, 3.05) is 0 Å². The van der Waals surface area contributed by atoms with Crippen molar-refractivity contribution >= 4 is 10.8 Å². The molecule has 6 aromatic rings. The SMILES string of the molecule is c1ccc2c(c1)-c1c(-c3ccc(-c4ccc5c(c4)-c4cccc6cccc(c46)O5)cc3)cccc1C21C2CC3CC(C2)CC1C3. The maximum atomic E-state index is 6.37. The first kappa shape index (κ1) is 24.7. The molecule has 1 aliphatic heterocycles. The summed E-state index contributed by atoms with van der Waals surface area (Å²) < 4.78 is 6.37. The van der Waals surface area contributed by atoms with E-state index in [4.69, 9.17) is 4.74 Å². The van der Waals surface area contributed by atoms with Crippen LogP contribution < -0.4 is 4.74 Å². The van der Waals surface area contributed by atoms with Crippen molar-refractivity contribution < 1.29 is 4.74 Å². The maximum absolute atomic E-state index is 6.37. The van der Waals surface area contributed by atoms with E-state index < -0.39 is 0 Å². The Balaban J connectivity index is 1.02. The summed E-state index contributed by atoms with van der Waals surface area (Å²) in [7, 11) is 0. The van der Waals surface area contributed by atoms with Crippen LogP contribution in [-0.2, 0) is 5.41 Å². The van der Waals surface area contributed by atoms with Gasteiger partial charge in [0.1, 0.15) is 11.5 Å². The zero-order chi connectivity index (χ0) is 29.3. The van der Waals surface area contributed by atoms with Gasteiger partial charge in [-0.25, -0.2) is 0 Å². The van der Waals surface area contributed by atoms with Crippen LogP contribution in [0.25, 0.3) is 55.3 Å². The van der Waals surface area contributed by atoms with Gasteiger partial charge in [0.2, 0.25) is 0 Å². The normalized spacial score (nSPS) is 26.0. The van der Waals surface area contributed by atoms with E-state index in [1.165, 1.54) is 87.4 Å². The molecule has 4 saturated carbocycles. The fourth-order valence-corrected chi connectivity index (χ4v) is 11.0. The van der Waals surface area contributed by atoms with Crippen molar-refractivity contribution in [1.82, 2.24) is 0 Å². The minimum Gasteiger partial charge on any atom is -0.456 e. The predicted molar refractivity (Wildman–Crippen MR) is 184 cm³/mol. The highest BCUT2D eigenvalue weighted by molar-refractivity contribution is 6.04. The molecule has 0 saturated heterocycles. The van der Waals surface area contributed by atoms with Crippen LogP contribution in [0, 0.1) is 23.7 Å². The number of benzene rings is 6. The van der Waals surface area contributed by atoms with Crippen LogP contribution in [0.4, 0.5) is 0 Å². The lowest BCUT2D eigenvalue weighted by Gasteiger charge is -2.61. The number of fused-ring (bicyclic) bond motifs is 5. The molecule has 4 bridgehead atoms. The second-order valence-corrected chi connectivity index (χ2v) is 14.5. The van der Waals surface area contributed by atoms with E-state index in [0.29, 0.717) is 0 Å². The predicted octanol–water partition coefficient (Wildman–Crippen LogP) is 11.7. The van der Waals surface area contributed by atoms with Crippen molar-refractivity contribution in [3.05, 3.63) is 132 Å². The summed E-state index contributed by atoms with van der Waals surface area (Å²) >= 11 is 0. The van der Waals surface area contributed by atoms with Gasteiger partial charge in [0.25, 0.3) is 0 Å². The lowest BCUT2D eigenvalue weighted by atomic mass is 9.43. The molecule has 1 heteroatoms. The first-order valence-corrected chi connectivity index (χ1v) is 16.9. The quantitative estimate of drug-likeness (QED) is 0.198. The molecule has 1 nitrogen and oxygen atoms in total. The maximum Gasteiger partial charge on any atom is 0.135 e. The molecule has 1 heterocycles. The molecular formula is C44H34O. The fraction of sp³-hybridized carbons (Fsp3) is 0.227. The van der Waals surface area contributed by atoms with Crippen molar-refractivity contribution in [3.63, 3.8) is 0 Å². The van der Waals surface area contributed by atoms with E-state index >= 15 is 0 Å². The third-order valence-electron chi connectivity index (χ3n) is 12.5. The Morgan fingerprint density at radius 2 is 1.11 bits per heavy atom. The van der Waals surface area contributed by atoms with E-state index in [1.54, 1.807) is 11.1 Å². The Bertz CT molecular complexity index is 2170. The van der Waals surface area contributed by atoms with Gasteiger partial charge in [-0.05, 0) is 129 Å². The summed E-state index contributed by atoms with van der Waals surface area (Å²) in [6, 6.07) is 45.5. The van der Waals surface area contributed by atoms with E-state index in [0.717, 1.165) is 35.2 Å². The van der Waals surface area contributed by atoms with E-state index in [2.05, 4.69) is 121 Å². The van der Waals surface area contributed by atoms with Crippen molar-refractivity contribution in [3.8, 4) is 56.0 Å². The highest BCUT2D eigenvalue weighted by Crippen LogP contribution is 2.70. The molecule has 1 spiro atoms. The van der Waals surface area contributed by atoms with Crippen LogP contribution in [0.1, 0.15) is 43.2 Å². The summed E-state index contributed by atoms with van der Waals surface area (Å²) in [4.78, 5) is 0. The van der Waals surface area contributed by atoms with Gasteiger partial charge in [0.05, 0.1) is 0 Å². The lowest BCUT2D eigenvalue weighted by molar-refractivity contribution is -0.0399. The summed E-state index contributed by atoms with van der Waals surface area (Å²) in [6.07, 6.45) is 7.18. The van der Waals surface area contributed by atoms with Gasteiger partial charge >= 0.3 is 0 Å². The minimum absolute atomic E-state index is 0.210. The van der Waals surface area contributed by atoms with Crippen molar-refractivity contribution in [2.45, 2.75) is 37.5 Å². The molecule has 0 atom stereocenters. The molecule has 6 aliphatic rings. The highest BCUT2D eigenvalue weighted by Gasteiger charge is 2.61. The Morgan fingerprint density at radius 1 is 0.467 bits per heavy atom. The van der Waals surface area contributed by atoms with Crippen LogP contribution in [0.15, 0.2) is 121 Å². The van der Waals surface area contributed by atoms with E-state index in [1.807, 2.05) is 0 Å². The first-order valence-electron chi connectivity index (χ1n) is 16.9. The first-order chi connectivity index (χ1) is 22.3. The highest BCUT2D eigenvalue weighted by atomic mass is 16.5. The van der Waals surface area contributed by atoms with E-state index in [9.17, 15) is 0 Å². The second kappa shape index (κ2) is 8.76. The zero-order valence-corrected chi connectivity index (χ0v) is 25.3. The fourth-order valence-electron chi connectivity index (χ4n) is 11.0. The minimum atomic E-state index is 0.210. The largest absolute Gasteiger partial charge is 0.456 e. The molecule has 12 rings (SSSR count). The molecule has 0 radical (unpaired) electrons. The lowest BCUT2D eigenvalue weighted by Crippen LogP contribution is -2.55. The molecule has 0 unspecified atom stereocenters. The smallest absolute Gasteiger partial charge is 0.135 e. The van der Waals surface area contributed by atoms with Gasteiger partial charge < -0.3 is 4.74 Å². The third-order valence-corrected chi connectivity index (χ3v) is 12.5. The molecule has 45 heavy (non-hydrogen) atoms. The summed E-state index contributed by atoms with van der Waals surface area (Å²) in [5.74, 6) is 5.38.